The van der Waals surface area contributed by atoms with Crippen molar-refractivity contribution in [2.45, 2.75) is 18.9 Å². The molecule has 2 N–H and O–H groups in total. The largest absolute Gasteiger partial charge is 0.480 e. The van der Waals surface area contributed by atoms with Crippen molar-refractivity contribution in [3.05, 3.63) is 46.7 Å². The molecule has 0 aromatic heterocycles. The van der Waals surface area contributed by atoms with Gasteiger partial charge in [0.25, 0.3) is 0 Å². The summed E-state index contributed by atoms with van der Waals surface area (Å²) in [6, 6.07) is 4.43. The second-order valence-electron chi connectivity index (χ2n) is 3.98. The van der Waals surface area contributed by atoms with Crippen LogP contribution >= 0.6 is 15.9 Å². The fourth-order valence-electron chi connectivity index (χ4n) is 1.45. The molecule has 0 aliphatic rings. The number of carboxylic acids is 1. The molecule has 0 radical (unpaired) electrons. The third kappa shape index (κ3) is 5.65. The molecule has 19 heavy (non-hydrogen) atoms. The average molecular weight is 330 g/mol. The summed E-state index contributed by atoms with van der Waals surface area (Å²) in [6.07, 6.45) is 0.101. The average Bonchev–Trinajstić information content (AvgIpc) is 2.30. The van der Waals surface area contributed by atoms with Crippen LogP contribution in [0.3, 0.4) is 0 Å². The molecule has 1 atom stereocenters. The maximum Gasteiger partial charge on any atom is 0.326 e. The van der Waals surface area contributed by atoms with Crippen molar-refractivity contribution in [2.75, 3.05) is 0 Å². The van der Waals surface area contributed by atoms with Crippen LogP contribution in [0.1, 0.15) is 12.0 Å². The van der Waals surface area contributed by atoms with Gasteiger partial charge in [-0.3, -0.25) is 4.79 Å². The first-order chi connectivity index (χ1) is 8.88. The van der Waals surface area contributed by atoms with Crippen LogP contribution in [0.2, 0.25) is 0 Å². The Hall–Kier alpha value is -1.69. The third-order valence-electron chi connectivity index (χ3n) is 2.34. The van der Waals surface area contributed by atoms with E-state index < -0.39 is 17.9 Å². The molecule has 0 bridgehead atoms. The summed E-state index contributed by atoms with van der Waals surface area (Å²) >= 11 is 3.06. The summed E-state index contributed by atoms with van der Waals surface area (Å²) < 4.78 is 13.2. The molecule has 0 unspecified atom stereocenters. The van der Waals surface area contributed by atoms with Gasteiger partial charge in [0, 0.05) is 6.42 Å². The van der Waals surface area contributed by atoms with Gasteiger partial charge in [0.1, 0.15) is 11.9 Å². The highest BCUT2D eigenvalue weighted by Gasteiger charge is 2.20. The van der Waals surface area contributed by atoms with Gasteiger partial charge >= 0.3 is 5.97 Å². The molecule has 0 spiro atoms. The van der Waals surface area contributed by atoms with Gasteiger partial charge < -0.3 is 10.4 Å². The molecule has 0 saturated carbocycles. The molecule has 1 amide bonds. The van der Waals surface area contributed by atoms with Gasteiger partial charge in [0.15, 0.2) is 0 Å². The van der Waals surface area contributed by atoms with Gasteiger partial charge in [-0.05, 0) is 22.2 Å². The molecular weight excluding hydrogens is 317 g/mol. The van der Waals surface area contributed by atoms with Gasteiger partial charge in [-0.15, -0.1) is 0 Å². The quantitative estimate of drug-likeness (QED) is 0.841. The topological polar surface area (TPSA) is 66.4 Å². The van der Waals surface area contributed by atoms with E-state index in [-0.39, 0.29) is 18.7 Å². The van der Waals surface area contributed by atoms with Crippen LogP contribution in [0, 0.1) is 5.82 Å². The van der Waals surface area contributed by atoms with Gasteiger partial charge in [-0.1, -0.05) is 34.6 Å². The molecule has 1 aromatic carbocycles. The Balaban J connectivity index is 2.59. The first-order valence-electron chi connectivity index (χ1n) is 5.48. The molecule has 0 aliphatic heterocycles. The van der Waals surface area contributed by atoms with Crippen molar-refractivity contribution in [1.82, 2.24) is 5.32 Å². The highest BCUT2D eigenvalue weighted by molar-refractivity contribution is 9.11. The predicted molar refractivity (Wildman–Crippen MR) is 72.4 cm³/mol. The minimum Gasteiger partial charge on any atom is -0.480 e. The van der Waals surface area contributed by atoms with E-state index in [9.17, 15) is 14.0 Å². The van der Waals surface area contributed by atoms with Gasteiger partial charge in [0.2, 0.25) is 5.91 Å². The Kier molecular flexibility index (Phi) is 5.69. The number of rotatable bonds is 6. The predicted octanol–water partition coefficient (Wildman–Crippen LogP) is 2.24. The van der Waals surface area contributed by atoms with Crippen LogP contribution in [-0.2, 0) is 16.0 Å². The lowest BCUT2D eigenvalue weighted by atomic mass is 10.1. The Morgan fingerprint density at radius 2 is 1.95 bits per heavy atom. The molecule has 0 heterocycles. The second kappa shape index (κ2) is 7.04. The molecule has 1 aromatic rings. The summed E-state index contributed by atoms with van der Waals surface area (Å²) in [5.74, 6) is -1.95. The fraction of sp³-hybridized carbons (Fsp3) is 0.231. The molecule has 0 fully saturated rings. The van der Waals surface area contributed by atoms with E-state index in [2.05, 4.69) is 27.8 Å². The van der Waals surface area contributed by atoms with Crippen LogP contribution in [0.15, 0.2) is 35.3 Å². The Morgan fingerprint density at radius 1 is 1.37 bits per heavy atom. The zero-order valence-electron chi connectivity index (χ0n) is 10.0. The summed E-state index contributed by atoms with van der Waals surface area (Å²) in [4.78, 5) is 22.6. The maximum absolute atomic E-state index is 12.7. The van der Waals surface area contributed by atoms with Crippen molar-refractivity contribution in [2.24, 2.45) is 0 Å². The number of carbonyl (C=O) groups is 2. The van der Waals surface area contributed by atoms with E-state index in [4.69, 9.17) is 5.11 Å². The monoisotopic (exact) mass is 329 g/mol. The van der Waals surface area contributed by atoms with E-state index in [1.54, 1.807) is 0 Å². The Labute approximate surface area is 118 Å². The number of halogens is 2. The fourth-order valence-corrected chi connectivity index (χ4v) is 1.78. The highest BCUT2D eigenvalue weighted by Crippen LogP contribution is 2.11. The van der Waals surface area contributed by atoms with E-state index in [0.29, 0.717) is 10.0 Å². The summed E-state index contributed by atoms with van der Waals surface area (Å²) in [5.41, 5.74) is 0.612. The van der Waals surface area contributed by atoms with Crippen LogP contribution in [0.25, 0.3) is 0 Å². The zero-order chi connectivity index (χ0) is 14.4. The Morgan fingerprint density at radius 3 is 2.42 bits per heavy atom. The number of aliphatic carboxylic acids is 1. The summed E-state index contributed by atoms with van der Waals surface area (Å²) in [7, 11) is 0. The van der Waals surface area contributed by atoms with Crippen molar-refractivity contribution in [1.29, 1.82) is 0 Å². The highest BCUT2D eigenvalue weighted by atomic mass is 79.9. The lowest BCUT2D eigenvalue weighted by Crippen LogP contribution is -2.41. The lowest BCUT2D eigenvalue weighted by molar-refractivity contribution is -0.141. The van der Waals surface area contributed by atoms with Crippen LogP contribution in [0.4, 0.5) is 4.39 Å². The van der Waals surface area contributed by atoms with Crippen LogP contribution < -0.4 is 5.32 Å². The smallest absolute Gasteiger partial charge is 0.326 e. The number of amides is 1. The maximum atomic E-state index is 12.7. The molecule has 6 heteroatoms. The first-order valence-corrected chi connectivity index (χ1v) is 6.27. The molecule has 102 valence electrons. The lowest BCUT2D eigenvalue weighted by Gasteiger charge is -2.13. The summed E-state index contributed by atoms with van der Waals surface area (Å²) in [5, 5.41) is 11.3. The molecule has 0 saturated heterocycles. The van der Waals surface area contributed by atoms with Gasteiger partial charge in [-0.2, -0.15) is 0 Å². The number of hydrogen-bond donors (Lipinski definition) is 2. The van der Waals surface area contributed by atoms with E-state index in [0.717, 1.165) is 0 Å². The van der Waals surface area contributed by atoms with E-state index in [1.165, 1.54) is 24.3 Å². The van der Waals surface area contributed by atoms with Crippen molar-refractivity contribution in [3.8, 4) is 0 Å². The van der Waals surface area contributed by atoms with Crippen molar-refractivity contribution in [3.63, 3.8) is 0 Å². The van der Waals surface area contributed by atoms with Crippen molar-refractivity contribution >= 4 is 27.8 Å². The number of carboxylic acid groups (broad SMARTS) is 1. The molecular formula is C13H13BrFNO3. The van der Waals surface area contributed by atoms with Crippen molar-refractivity contribution < 1.29 is 19.1 Å². The molecule has 0 aliphatic carbocycles. The molecule has 1 rings (SSSR count). The standard InChI is InChI=1S/C13H13BrFNO3/c1-8(14)6-11(13(18)19)16-12(17)7-9-2-4-10(15)5-3-9/h2-5,11H,1,6-7H2,(H,16,17)(H,18,19)/t11-/m0/s1. The molecule has 4 nitrogen and oxygen atoms in total. The SMILES string of the molecule is C=C(Br)C[C@H](NC(=O)Cc1ccc(F)cc1)C(=O)O. The third-order valence-corrected chi connectivity index (χ3v) is 2.66. The van der Waals surface area contributed by atoms with Crippen LogP contribution in [0.5, 0.6) is 0 Å². The first kappa shape index (κ1) is 15.4. The second-order valence-corrected chi connectivity index (χ2v) is 5.10. The van der Waals surface area contributed by atoms with E-state index >= 15 is 0 Å². The van der Waals surface area contributed by atoms with E-state index in [1.807, 2.05) is 0 Å². The number of hydrogen-bond acceptors (Lipinski definition) is 2. The van der Waals surface area contributed by atoms with Crippen LogP contribution in [-0.4, -0.2) is 23.0 Å². The number of benzene rings is 1. The summed E-state index contributed by atoms with van der Waals surface area (Å²) in [6.45, 7) is 3.54. The zero-order valence-corrected chi connectivity index (χ0v) is 11.6. The minimum atomic E-state index is -1.13. The minimum absolute atomic E-state index is 0.00117. The number of carbonyl (C=O) groups excluding carboxylic acids is 1. The Bertz CT molecular complexity index is 487. The number of nitrogens with one attached hydrogen (secondary N) is 1. The normalized spacial score (nSPS) is 11.7. The van der Waals surface area contributed by atoms with Gasteiger partial charge in [0.05, 0.1) is 6.42 Å². The van der Waals surface area contributed by atoms with Gasteiger partial charge in [-0.25, -0.2) is 9.18 Å².